The Morgan fingerprint density at radius 1 is 0.633 bits per heavy atom. The first kappa shape index (κ1) is 38.0. The van der Waals surface area contributed by atoms with Crippen molar-refractivity contribution < 1.29 is 58.2 Å². The molecule has 0 radical (unpaired) electrons. The Morgan fingerprint density at radius 2 is 1.06 bits per heavy atom. The second-order valence-corrected chi connectivity index (χ2v) is 10.8. The van der Waals surface area contributed by atoms with Crippen LogP contribution < -0.4 is 0 Å². The number of halogens is 4. The van der Waals surface area contributed by atoms with E-state index in [1.165, 1.54) is 24.3 Å². The molecule has 252 valence electrons. The third-order valence-corrected chi connectivity index (χ3v) is 7.09. The number of benzene rings is 2. The summed E-state index contributed by atoms with van der Waals surface area (Å²) in [5.41, 5.74) is 1.77. The summed E-state index contributed by atoms with van der Waals surface area (Å²) >= 11 is 0. The number of allylic oxidation sites excluding steroid dienone is 8. The van der Waals surface area contributed by atoms with Crippen LogP contribution in [0.1, 0.15) is 50.7 Å². The van der Waals surface area contributed by atoms with Crippen LogP contribution in [0.15, 0.2) is 97.4 Å². The minimum absolute atomic E-state index is 0. The Kier molecular flexibility index (Phi) is 14.6. The van der Waals surface area contributed by atoms with Gasteiger partial charge in [0.2, 0.25) is 0 Å². The van der Waals surface area contributed by atoms with Gasteiger partial charge in [-0.3, -0.25) is 12.2 Å². The Morgan fingerprint density at radius 3 is 1.35 bits per heavy atom. The Hall–Kier alpha value is -3.77. The number of nitrogens with zero attached hydrogens (tertiary/aromatic N) is 2. The molecular formula is C38H34F4N2O4Ti. The van der Waals surface area contributed by atoms with E-state index in [2.05, 4.69) is 24.3 Å². The molecule has 0 spiro atoms. The second-order valence-electron chi connectivity index (χ2n) is 10.8. The SMILES string of the molecule is CC1COC(c2cccn2-c2ccc(F)[c-]c2F)O1.CC1COC(c2cccn2-c2ccc(F)[c-]c2F)O1.[C-]1=CC=CC1.[C-]1=CC=CC1.[Ti+4]. The summed E-state index contributed by atoms with van der Waals surface area (Å²) in [6.07, 6.45) is 22.3. The van der Waals surface area contributed by atoms with E-state index in [4.69, 9.17) is 18.9 Å². The van der Waals surface area contributed by atoms with E-state index in [9.17, 15) is 17.6 Å². The maximum absolute atomic E-state index is 13.8. The Balaban J connectivity index is 0.000000169. The number of hydrogen-bond donors (Lipinski definition) is 0. The van der Waals surface area contributed by atoms with Gasteiger partial charge in [-0.2, -0.15) is 12.2 Å². The average molecular weight is 707 g/mol. The van der Waals surface area contributed by atoms with Crippen molar-refractivity contribution >= 4 is 0 Å². The first-order chi connectivity index (χ1) is 23.3. The molecule has 11 heteroatoms. The average Bonchev–Trinajstić information content (AvgIpc) is 3.90. The zero-order valence-corrected chi connectivity index (χ0v) is 28.5. The van der Waals surface area contributed by atoms with E-state index in [1.807, 2.05) is 50.3 Å². The number of ether oxygens (including phenoxy) is 4. The maximum atomic E-state index is 13.8. The van der Waals surface area contributed by atoms with E-state index in [0.717, 1.165) is 12.8 Å². The van der Waals surface area contributed by atoms with Gasteiger partial charge in [-0.1, -0.05) is 0 Å². The van der Waals surface area contributed by atoms with Crippen LogP contribution in [-0.2, 0) is 40.7 Å². The van der Waals surface area contributed by atoms with Gasteiger partial charge in [0.05, 0.1) is 36.8 Å². The van der Waals surface area contributed by atoms with Crippen molar-refractivity contribution in [2.45, 2.75) is 51.5 Å². The van der Waals surface area contributed by atoms with Crippen LogP contribution in [0, 0.1) is 47.6 Å². The molecule has 2 aromatic heterocycles. The minimum atomic E-state index is -0.747. The summed E-state index contributed by atoms with van der Waals surface area (Å²) in [5.74, 6) is -2.94. The summed E-state index contributed by atoms with van der Waals surface area (Å²) in [6.45, 7) is 4.79. The zero-order chi connectivity index (χ0) is 33.9. The number of hydrogen-bond acceptors (Lipinski definition) is 4. The van der Waals surface area contributed by atoms with Gasteiger partial charge in [0.15, 0.2) is 12.6 Å². The Labute approximate surface area is 298 Å². The summed E-state index contributed by atoms with van der Waals surface area (Å²) in [6, 6.07) is 16.2. The van der Waals surface area contributed by atoms with Gasteiger partial charge < -0.3 is 28.1 Å². The quantitative estimate of drug-likeness (QED) is 0.121. The molecule has 0 bridgehead atoms. The summed E-state index contributed by atoms with van der Waals surface area (Å²) < 4.78 is 78.6. The molecule has 0 saturated carbocycles. The minimum Gasteiger partial charge on any atom is -0.368 e. The van der Waals surface area contributed by atoms with Crippen LogP contribution in [0.2, 0.25) is 0 Å². The molecule has 2 aliphatic heterocycles. The fraction of sp³-hybridized carbons (Fsp3) is 0.263. The van der Waals surface area contributed by atoms with Crippen LogP contribution in [-0.4, -0.2) is 34.6 Å². The molecule has 2 aliphatic carbocycles. The fourth-order valence-electron chi connectivity index (χ4n) is 4.87. The van der Waals surface area contributed by atoms with Crippen molar-refractivity contribution in [2.24, 2.45) is 0 Å². The van der Waals surface area contributed by atoms with Crippen LogP contribution in [0.3, 0.4) is 0 Å². The van der Waals surface area contributed by atoms with Crippen LogP contribution in [0.5, 0.6) is 0 Å². The summed E-state index contributed by atoms with van der Waals surface area (Å²) in [7, 11) is 0. The van der Waals surface area contributed by atoms with E-state index in [0.29, 0.717) is 24.6 Å². The van der Waals surface area contributed by atoms with Gasteiger partial charge in [0.1, 0.15) is 0 Å². The molecule has 4 unspecified atom stereocenters. The largest absolute Gasteiger partial charge is 4.00 e. The molecule has 49 heavy (non-hydrogen) atoms. The van der Waals surface area contributed by atoms with E-state index < -0.39 is 35.8 Å². The standard InChI is InChI=1S/2C14H12F2NO2.2C5H5.Ti/c2*1-9-8-18-14(19-9)13-3-2-6-17(13)12-5-4-10(15)7-11(12)16;2*1-2-4-5-3-1;/h2*2-6,9,14H,8H2,1H3;2*1-3H,4H2;/q4*-1;+4. The summed E-state index contributed by atoms with van der Waals surface area (Å²) in [4.78, 5) is 0. The molecule has 0 N–H and O–H groups in total. The van der Waals surface area contributed by atoms with E-state index >= 15 is 0 Å². The molecule has 6 nitrogen and oxygen atoms in total. The first-order valence-corrected chi connectivity index (χ1v) is 15.4. The van der Waals surface area contributed by atoms with Gasteiger partial charge >= 0.3 is 21.7 Å². The van der Waals surface area contributed by atoms with Crippen molar-refractivity contribution in [1.29, 1.82) is 0 Å². The van der Waals surface area contributed by atoms with Gasteiger partial charge in [-0.05, 0) is 61.9 Å². The topological polar surface area (TPSA) is 46.8 Å². The van der Waals surface area contributed by atoms with Gasteiger partial charge in [-0.25, -0.2) is 41.9 Å². The molecule has 8 rings (SSSR count). The Bertz CT molecular complexity index is 1620. The van der Waals surface area contributed by atoms with Crippen molar-refractivity contribution in [3.8, 4) is 11.4 Å². The molecule has 4 aliphatic rings. The molecule has 2 aromatic carbocycles. The van der Waals surface area contributed by atoms with Crippen LogP contribution in [0.4, 0.5) is 17.6 Å². The number of rotatable bonds is 4. The van der Waals surface area contributed by atoms with E-state index in [1.54, 1.807) is 45.8 Å². The molecule has 4 aromatic rings. The fourth-order valence-corrected chi connectivity index (χ4v) is 4.87. The molecule has 4 heterocycles. The molecule has 0 amide bonds. The third-order valence-electron chi connectivity index (χ3n) is 7.09. The van der Waals surface area contributed by atoms with Crippen molar-refractivity contribution in [3.05, 3.63) is 156 Å². The predicted molar refractivity (Wildman–Crippen MR) is 171 cm³/mol. The molecule has 2 saturated heterocycles. The van der Waals surface area contributed by atoms with Crippen molar-refractivity contribution in [1.82, 2.24) is 9.13 Å². The molecule has 4 atom stereocenters. The third kappa shape index (κ3) is 10.6. The normalized spacial score (nSPS) is 21.3. The van der Waals surface area contributed by atoms with Gasteiger partial charge in [0.25, 0.3) is 0 Å². The smallest absolute Gasteiger partial charge is 0.368 e. The van der Waals surface area contributed by atoms with Crippen LogP contribution in [0.25, 0.3) is 11.4 Å². The van der Waals surface area contributed by atoms with Gasteiger partial charge in [-0.15, -0.1) is 49.2 Å². The first-order valence-electron chi connectivity index (χ1n) is 15.4. The van der Waals surface area contributed by atoms with Gasteiger partial charge in [0, 0.05) is 23.3 Å². The van der Waals surface area contributed by atoms with Crippen molar-refractivity contribution in [2.75, 3.05) is 13.2 Å². The van der Waals surface area contributed by atoms with E-state index in [-0.39, 0.29) is 45.3 Å². The number of aromatic nitrogens is 2. The monoisotopic (exact) mass is 706 g/mol. The predicted octanol–water partition coefficient (Wildman–Crippen LogP) is 8.59. The zero-order valence-electron chi connectivity index (χ0n) is 26.9. The molecular weight excluding hydrogens is 672 g/mol. The van der Waals surface area contributed by atoms with Crippen LogP contribution >= 0.6 is 0 Å². The second kappa shape index (κ2) is 18.8. The van der Waals surface area contributed by atoms with Crippen molar-refractivity contribution in [3.63, 3.8) is 0 Å². The maximum Gasteiger partial charge on any atom is 4.00 e. The summed E-state index contributed by atoms with van der Waals surface area (Å²) in [5, 5.41) is 0. The molecule has 2 fully saturated rings.